The van der Waals surface area contributed by atoms with Gasteiger partial charge in [0.15, 0.2) is 6.04 Å². The molecule has 0 bridgehead atoms. The molecule has 1 atom stereocenters. The molecular formula is C29H34N2O7. The molecule has 1 aliphatic heterocycles. The number of ether oxygens (including phenoxy) is 3. The average Bonchev–Trinajstić information content (AvgIpc) is 3.12. The molecule has 1 spiro atoms. The summed E-state index contributed by atoms with van der Waals surface area (Å²) in [6.45, 7) is 6.68. The van der Waals surface area contributed by atoms with Gasteiger partial charge in [0, 0.05) is 24.4 Å². The van der Waals surface area contributed by atoms with E-state index in [1.165, 1.54) is 0 Å². The monoisotopic (exact) mass is 522 g/mol. The summed E-state index contributed by atoms with van der Waals surface area (Å²) in [4.78, 5) is 38.1. The Kier molecular flexibility index (Phi) is 6.81. The Morgan fingerprint density at radius 1 is 1.03 bits per heavy atom. The molecule has 3 aliphatic rings. The Morgan fingerprint density at radius 3 is 2.16 bits per heavy atom. The van der Waals surface area contributed by atoms with Gasteiger partial charge in [-0.3, -0.25) is 0 Å². The van der Waals surface area contributed by atoms with Crippen molar-refractivity contribution in [2.24, 2.45) is 5.41 Å². The number of fused-ring (bicyclic) bond motifs is 3. The van der Waals surface area contributed by atoms with Gasteiger partial charge < -0.3 is 29.5 Å². The fourth-order valence-electron chi connectivity index (χ4n) is 5.69. The maximum Gasteiger partial charge on any atom is 0.410 e. The lowest BCUT2D eigenvalue weighted by molar-refractivity contribution is -0.157. The van der Waals surface area contributed by atoms with Crippen molar-refractivity contribution in [2.75, 3.05) is 26.3 Å². The number of carbonyl (C=O) groups excluding carboxylic acids is 2. The van der Waals surface area contributed by atoms with E-state index in [4.69, 9.17) is 14.2 Å². The largest absolute Gasteiger partial charge is 0.480 e. The van der Waals surface area contributed by atoms with Crippen molar-refractivity contribution in [1.29, 1.82) is 0 Å². The number of hydrogen-bond acceptors (Lipinski definition) is 6. The first-order valence-corrected chi connectivity index (χ1v) is 13.0. The van der Waals surface area contributed by atoms with E-state index in [2.05, 4.69) is 17.4 Å². The van der Waals surface area contributed by atoms with E-state index in [9.17, 15) is 19.5 Å². The third-order valence-corrected chi connectivity index (χ3v) is 7.46. The summed E-state index contributed by atoms with van der Waals surface area (Å²) in [5.74, 6) is -1.30. The van der Waals surface area contributed by atoms with Gasteiger partial charge in [-0.05, 0) is 55.9 Å². The SMILES string of the molecule is CC(C)(C)OC(=O)N1CC2(CC(OCC(NC(=O)OCC3c4ccccc4-c4ccccc43)C(=O)O)C2)C1. The second kappa shape index (κ2) is 9.94. The highest BCUT2D eigenvalue weighted by Gasteiger charge is 2.55. The number of nitrogens with zero attached hydrogens (tertiary/aromatic N) is 1. The fraction of sp³-hybridized carbons (Fsp3) is 0.483. The van der Waals surface area contributed by atoms with Gasteiger partial charge in [-0.1, -0.05) is 48.5 Å². The third-order valence-electron chi connectivity index (χ3n) is 7.46. The number of aliphatic carboxylic acids is 1. The first kappa shape index (κ1) is 26.0. The zero-order chi connectivity index (χ0) is 27.1. The summed E-state index contributed by atoms with van der Waals surface area (Å²) in [5.41, 5.74) is 3.89. The normalized spacial score (nSPS) is 18.6. The fourth-order valence-corrected chi connectivity index (χ4v) is 5.69. The van der Waals surface area contributed by atoms with Crippen LogP contribution in [0.2, 0.25) is 0 Å². The van der Waals surface area contributed by atoms with Gasteiger partial charge in [0.2, 0.25) is 0 Å². The molecule has 2 N–H and O–H groups in total. The average molecular weight is 523 g/mol. The Labute approximate surface area is 222 Å². The number of hydrogen-bond donors (Lipinski definition) is 2. The second-order valence-corrected chi connectivity index (χ2v) is 11.6. The van der Waals surface area contributed by atoms with E-state index in [0.717, 1.165) is 35.1 Å². The molecule has 2 aromatic carbocycles. The maximum atomic E-state index is 12.5. The van der Waals surface area contributed by atoms with E-state index in [-0.39, 0.29) is 36.7 Å². The highest BCUT2D eigenvalue weighted by molar-refractivity contribution is 5.81. The second-order valence-electron chi connectivity index (χ2n) is 11.6. The van der Waals surface area contributed by atoms with Gasteiger partial charge in [-0.15, -0.1) is 0 Å². The lowest BCUT2D eigenvalue weighted by Gasteiger charge is -2.58. The van der Waals surface area contributed by atoms with Gasteiger partial charge in [-0.25, -0.2) is 14.4 Å². The first-order chi connectivity index (χ1) is 18.0. The van der Waals surface area contributed by atoms with Gasteiger partial charge in [0.25, 0.3) is 0 Å². The summed E-state index contributed by atoms with van der Waals surface area (Å²) in [6.07, 6.45) is 0.264. The number of carbonyl (C=O) groups is 3. The third kappa shape index (κ3) is 5.34. The molecule has 1 saturated carbocycles. The molecule has 1 saturated heterocycles. The molecule has 1 unspecified atom stereocenters. The number of likely N-dealkylation sites (tertiary alicyclic amines) is 1. The van der Waals surface area contributed by atoms with Crippen molar-refractivity contribution >= 4 is 18.2 Å². The van der Waals surface area contributed by atoms with Crippen molar-refractivity contribution in [3.05, 3.63) is 59.7 Å². The van der Waals surface area contributed by atoms with Crippen LogP contribution in [0.4, 0.5) is 9.59 Å². The molecule has 2 amide bonds. The number of benzene rings is 2. The van der Waals surface area contributed by atoms with Gasteiger partial charge in [0.05, 0.1) is 12.7 Å². The Bertz CT molecular complexity index is 1180. The summed E-state index contributed by atoms with van der Waals surface area (Å²) in [6, 6.07) is 14.8. The summed E-state index contributed by atoms with van der Waals surface area (Å²) in [7, 11) is 0. The predicted octanol–water partition coefficient (Wildman–Crippen LogP) is 4.39. The molecule has 1 heterocycles. The Hall–Kier alpha value is -3.59. The predicted molar refractivity (Wildman–Crippen MR) is 139 cm³/mol. The number of alkyl carbamates (subject to hydrolysis) is 1. The van der Waals surface area contributed by atoms with Crippen molar-refractivity contribution in [1.82, 2.24) is 10.2 Å². The smallest absolute Gasteiger partial charge is 0.410 e. The van der Waals surface area contributed by atoms with Crippen LogP contribution in [-0.2, 0) is 19.0 Å². The molecular weight excluding hydrogens is 488 g/mol. The number of nitrogens with one attached hydrogen (secondary N) is 1. The number of rotatable bonds is 7. The summed E-state index contributed by atoms with van der Waals surface area (Å²) >= 11 is 0. The Morgan fingerprint density at radius 2 is 1.61 bits per heavy atom. The quantitative estimate of drug-likeness (QED) is 0.554. The molecule has 9 nitrogen and oxygen atoms in total. The van der Waals surface area contributed by atoms with Crippen LogP contribution in [0, 0.1) is 5.41 Å². The van der Waals surface area contributed by atoms with Crippen molar-refractivity contribution in [3.63, 3.8) is 0 Å². The molecule has 38 heavy (non-hydrogen) atoms. The number of amides is 2. The van der Waals surface area contributed by atoms with E-state index < -0.39 is 23.7 Å². The van der Waals surface area contributed by atoms with Crippen LogP contribution in [0.3, 0.4) is 0 Å². The molecule has 0 aromatic heterocycles. The van der Waals surface area contributed by atoms with Crippen LogP contribution in [0.5, 0.6) is 0 Å². The maximum absolute atomic E-state index is 12.5. The van der Waals surface area contributed by atoms with E-state index in [1.54, 1.807) is 4.90 Å². The molecule has 2 fully saturated rings. The topological polar surface area (TPSA) is 114 Å². The number of carboxylic acids is 1. The van der Waals surface area contributed by atoms with Crippen molar-refractivity contribution < 1.29 is 33.7 Å². The first-order valence-electron chi connectivity index (χ1n) is 13.0. The van der Waals surface area contributed by atoms with Crippen molar-refractivity contribution in [2.45, 2.75) is 57.3 Å². The van der Waals surface area contributed by atoms with E-state index in [0.29, 0.717) is 13.1 Å². The van der Waals surface area contributed by atoms with Crippen LogP contribution >= 0.6 is 0 Å². The van der Waals surface area contributed by atoms with Crippen LogP contribution in [0.1, 0.15) is 50.7 Å². The van der Waals surface area contributed by atoms with Gasteiger partial charge >= 0.3 is 18.2 Å². The highest BCUT2D eigenvalue weighted by atomic mass is 16.6. The van der Waals surface area contributed by atoms with E-state index in [1.807, 2.05) is 57.2 Å². The van der Waals surface area contributed by atoms with Crippen molar-refractivity contribution in [3.8, 4) is 11.1 Å². The molecule has 5 rings (SSSR count). The summed E-state index contributed by atoms with van der Waals surface area (Å²) in [5, 5.41) is 12.0. The number of carboxylic acid groups (broad SMARTS) is 1. The minimum atomic E-state index is -1.22. The van der Waals surface area contributed by atoms with E-state index >= 15 is 0 Å². The molecule has 9 heteroatoms. The van der Waals surface area contributed by atoms with Crippen LogP contribution in [0.15, 0.2) is 48.5 Å². The minimum Gasteiger partial charge on any atom is -0.480 e. The zero-order valence-electron chi connectivity index (χ0n) is 21.9. The van der Waals surface area contributed by atoms with Crippen LogP contribution < -0.4 is 5.32 Å². The zero-order valence-corrected chi connectivity index (χ0v) is 21.9. The standard InChI is InChI=1S/C29H34N2O7/c1-28(2,3)38-27(35)31-16-29(17-31)12-18(13-29)36-15-24(25(32)33)30-26(34)37-14-23-21-10-6-4-8-19(21)20-9-5-7-11-22(20)23/h4-11,18,23-24H,12-17H2,1-3H3,(H,30,34)(H,32,33). The van der Waals surface area contributed by atoms with Gasteiger partial charge in [-0.2, -0.15) is 0 Å². The van der Waals surface area contributed by atoms with Crippen LogP contribution in [0.25, 0.3) is 11.1 Å². The summed E-state index contributed by atoms with van der Waals surface area (Å²) < 4.78 is 16.7. The molecule has 0 radical (unpaired) electrons. The highest BCUT2D eigenvalue weighted by Crippen LogP contribution is 2.50. The Balaban J connectivity index is 1.07. The molecule has 2 aromatic rings. The lowest BCUT2D eigenvalue weighted by Crippen LogP contribution is -2.66. The van der Waals surface area contributed by atoms with Crippen LogP contribution in [-0.4, -0.2) is 72.2 Å². The molecule has 2 aliphatic carbocycles. The van der Waals surface area contributed by atoms with Gasteiger partial charge in [0.1, 0.15) is 12.2 Å². The molecule has 202 valence electrons. The minimum absolute atomic E-state index is 0.0144. The lowest BCUT2D eigenvalue weighted by atomic mass is 9.62.